The van der Waals surface area contributed by atoms with Gasteiger partial charge in [-0.25, -0.2) is 0 Å². The highest BCUT2D eigenvalue weighted by atomic mass is 32.2. The first-order valence-electron chi connectivity index (χ1n) is 6.29. The maximum absolute atomic E-state index is 11.7. The lowest BCUT2D eigenvalue weighted by Crippen LogP contribution is -2.58. The smallest absolute Gasteiger partial charge is 0.238 e. The van der Waals surface area contributed by atoms with Crippen LogP contribution in [-0.2, 0) is 4.79 Å². The summed E-state index contributed by atoms with van der Waals surface area (Å²) >= 11 is 1.95. The summed E-state index contributed by atoms with van der Waals surface area (Å²) < 4.78 is 0. The van der Waals surface area contributed by atoms with Gasteiger partial charge in [0, 0.05) is 11.0 Å². The van der Waals surface area contributed by atoms with E-state index in [1.54, 1.807) is 0 Å². The summed E-state index contributed by atoms with van der Waals surface area (Å²) in [6.07, 6.45) is 7.63. The van der Waals surface area contributed by atoms with E-state index in [1.165, 1.54) is 25.7 Å². The van der Waals surface area contributed by atoms with Crippen molar-refractivity contribution in [3.8, 4) is 0 Å². The fraction of sp³-hybridized carbons (Fsp3) is 0.917. The van der Waals surface area contributed by atoms with Crippen LogP contribution < -0.4 is 11.1 Å². The Morgan fingerprint density at radius 3 is 2.44 bits per heavy atom. The summed E-state index contributed by atoms with van der Waals surface area (Å²) in [5, 5.41) is 3.96. The number of nitrogens with two attached hydrogens (primary N) is 1. The van der Waals surface area contributed by atoms with Crippen LogP contribution in [0.4, 0.5) is 0 Å². The second-order valence-corrected chi connectivity index (χ2v) is 6.37. The number of amides is 1. The topological polar surface area (TPSA) is 55.1 Å². The van der Waals surface area contributed by atoms with Gasteiger partial charge >= 0.3 is 0 Å². The van der Waals surface area contributed by atoms with Crippen molar-refractivity contribution in [3.05, 3.63) is 0 Å². The molecule has 0 aromatic heterocycles. The highest BCUT2D eigenvalue weighted by molar-refractivity contribution is 8.00. The number of carbonyl (C=O) groups excluding carboxylic acids is 1. The first-order valence-corrected chi connectivity index (χ1v) is 7.34. The van der Waals surface area contributed by atoms with E-state index in [4.69, 9.17) is 5.73 Å². The Hall–Kier alpha value is -0.220. The van der Waals surface area contributed by atoms with Crippen molar-refractivity contribution in [2.45, 2.75) is 49.3 Å². The summed E-state index contributed by atoms with van der Waals surface area (Å²) in [6.45, 7) is 0. The Bertz CT molecular complexity index is 262. The Morgan fingerprint density at radius 1 is 1.38 bits per heavy atom. The second-order valence-electron chi connectivity index (χ2n) is 5.08. The van der Waals surface area contributed by atoms with Crippen LogP contribution >= 0.6 is 11.8 Å². The van der Waals surface area contributed by atoms with E-state index in [1.807, 2.05) is 18.8 Å². The number of likely N-dealkylation sites (N-methyl/N-ethyl adjacent to an activating group) is 1. The number of hydrogen-bond acceptors (Lipinski definition) is 3. The molecule has 2 fully saturated rings. The number of hydrogen-bond donors (Lipinski definition) is 2. The third-order valence-corrected chi connectivity index (χ3v) is 5.57. The minimum atomic E-state index is -0.437. The van der Waals surface area contributed by atoms with E-state index in [0.717, 1.165) is 23.8 Å². The molecule has 2 aliphatic rings. The Labute approximate surface area is 102 Å². The van der Waals surface area contributed by atoms with Gasteiger partial charge < -0.3 is 11.1 Å². The Morgan fingerprint density at radius 2 is 2.00 bits per heavy atom. The zero-order valence-electron chi connectivity index (χ0n) is 10.00. The minimum absolute atomic E-state index is 0.164. The van der Waals surface area contributed by atoms with Crippen LogP contribution in [0.15, 0.2) is 0 Å². The second kappa shape index (κ2) is 4.96. The maximum Gasteiger partial charge on any atom is 0.238 e. The van der Waals surface area contributed by atoms with Crippen molar-refractivity contribution in [1.82, 2.24) is 5.32 Å². The van der Waals surface area contributed by atoms with Crippen LogP contribution in [0.3, 0.4) is 0 Å². The highest BCUT2D eigenvalue weighted by Gasteiger charge is 2.48. The number of primary amides is 1. The molecule has 0 spiro atoms. The molecule has 2 rings (SSSR count). The number of thioether (sulfide) groups is 1. The third kappa shape index (κ3) is 2.38. The van der Waals surface area contributed by atoms with Crippen LogP contribution in [0.2, 0.25) is 0 Å². The molecule has 0 radical (unpaired) electrons. The molecule has 3 N–H and O–H groups in total. The van der Waals surface area contributed by atoms with Gasteiger partial charge in [0.05, 0.1) is 0 Å². The molecule has 0 aromatic rings. The molecule has 92 valence electrons. The van der Waals surface area contributed by atoms with E-state index in [0.29, 0.717) is 5.92 Å². The minimum Gasteiger partial charge on any atom is -0.368 e. The van der Waals surface area contributed by atoms with Crippen molar-refractivity contribution in [3.63, 3.8) is 0 Å². The summed E-state index contributed by atoms with van der Waals surface area (Å²) in [5.41, 5.74) is 5.16. The summed E-state index contributed by atoms with van der Waals surface area (Å²) in [7, 11) is 1.87. The molecule has 2 aliphatic carbocycles. The van der Waals surface area contributed by atoms with Crippen molar-refractivity contribution in [2.75, 3.05) is 12.8 Å². The SMILES string of the molecule is CNC(CSC1CCCC1)(C(N)=O)C1CC1. The van der Waals surface area contributed by atoms with E-state index >= 15 is 0 Å². The van der Waals surface area contributed by atoms with Crippen molar-refractivity contribution in [2.24, 2.45) is 11.7 Å². The predicted molar refractivity (Wildman–Crippen MR) is 68.4 cm³/mol. The fourth-order valence-electron chi connectivity index (χ4n) is 2.67. The van der Waals surface area contributed by atoms with Gasteiger partial charge in [-0.05, 0) is 38.6 Å². The monoisotopic (exact) mass is 242 g/mol. The van der Waals surface area contributed by atoms with Gasteiger partial charge in [-0.3, -0.25) is 4.79 Å². The number of rotatable bonds is 6. The average molecular weight is 242 g/mol. The molecule has 2 saturated carbocycles. The van der Waals surface area contributed by atoms with E-state index < -0.39 is 5.54 Å². The zero-order valence-corrected chi connectivity index (χ0v) is 10.8. The van der Waals surface area contributed by atoms with Crippen molar-refractivity contribution in [1.29, 1.82) is 0 Å². The van der Waals surface area contributed by atoms with Gasteiger partial charge in [0.15, 0.2) is 0 Å². The average Bonchev–Trinajstić information content (AvgIpc) is 2.97. The summed E-state index contributed by atoms with van der Waals surface area (Å²) in [4.78, 5) is 11.7. The van der Waals surface area contributed by atoms with Gasteiger partial charge in [-0.15, -0.1) is 0 Å². The highest BCUT2D eigenvalue weighted by Crippen LogP contribution is 2.43. The van der Waals surface area contributed by atoms with Crippen LogP contribution in [0.5, 0.6) is 0 Å². The molecule has 1 amide bonds. The Kier molecular flexibility index (Phi) is 3.80. The van der Waals surface area contributed by atoms with Crippen LogP contribution in [-0.4, -0.2) is 29.5 Å². The molecule has 1 unspecified atom stereocenters. The van der Waals surface area contributed by atoms with Crippen LogP contribution in [0, 0.1) is 5.92 Å². The lowest BCUT2D eigenvalue weighted by Gasteiger charge is -2.31. The van der Waals surface area contributed by atoms with Gasteiger partial charge in [-0.2, -0.15) is 11.8 Å². The normalized spacial score (nSPS) is 25.6. The molecule has 0 aliphatic heterocycles. The van der Waals surface area contributed by atoms with Gasteiger partial charge in [0.25, 0.3) is 0 Å². The number of carbonyl (C=O) groups is 1. The summed E-state index contributed by atoms with van der Waals surface area (Å²) in [5.74, 6) is 1.17. The molecular formula is C12H22N2OS. The van der Waals surface area contributed by atoms with Crippen molar-refractivity contribution < 1.29 is 4.79 Å². The zero-order chi connectivity index (χ0) is 11.6. The molecule has 3 nitrogen and oxygen atoms in total. The molecule has 4 heteroatoms. The predicted octanol–water partition coefficient (Wildman–Crippen LogP) is 1.52. The standard InChI is InChI=1S/C12H22N2OS/c1-14-12(11(13)15,9-6-7-9)8-16-10-4-2-3-5-10/h9-10,14H,2-8H2,1H3,(H2,13,15). The van der Waals surface area contributed by atoms with Gasteiger partial charge in [-0.1, -0.05) is 12.8 Å². The van der Waals surface area contributed by atoms with E-state index in [-0.39, 0.29) is 5.91 Å². The van der Waals surface area contributed by atoms with Crippen LogP contribution in [0.25, 0.3) is 0 Å². The Balaban J connectivity index is 1.93. The quantitative estimate of drug-likeness (QED) is 0.742. The maximum atomic E-state index is 11.7. The molecule has 0 aromatic carbocycles. The van der Waals surface area contributed by atoms with Gasteiger partial charge in [0.1, 0.15) is 5.54 Å². The van der Waals surface area contributed by atoms with Crippen LogP contribution in [0.1, 0.15) is 38.5 Å². The molecular weight excluding hydrogens is 220 g/mol. The largest absolute Gasteiger partial charge is 0.368 e. The third-order valence-electron chi connectivity index (χ3n) is 4.01. The molecule has 0 saturated heterocycles. The lowest BCUT2D eigenvalue weighted by atomic mass is 9.95. The van der Waals surface area contributed by atoms with E-state index in [2.05, 4.69) is 5.32 Å². The molecule has 16 heavy (non-hydrogen) atoms. The first kappa shape index (κ1) is 12.2. The fourth-order valence-corrected chi connectivity index (χ4v) is 4.36. The van der Waals surface area contributed by atoms with E-state index in [9.17, 15) is 4.79 Å². The lowest BCUT2D eigenvalue weighted by molar-refractivity contribution is -0.124. The first-order chi connectivity index (χ1) is 7.69. The molecule has 1 atom stereocenters. The number of nitrogens with one attached hydrogen (secondary N) is 1. The molecule has 0 bridgehead atoms. The summed E-state index contributed by atoms with van der Waals surface area (Å²) in [6, 6.07) is 0. The van der Waals surface area contributed by atoms with Crippen molar-refractivity contribution >= 4 is 17.7 Å². The van der Waals surface area contributed by atoms with Gasteiger partial charge in [0.2, 0.25) is 5.91 Å². The molecule has 0 heterocycles.